The van der Waals surface area contributed by atoms with Gasteiger partial charge in [0.15, 0.2) is 6.61 Å². The minimum Gasteiger partial charge on any atom is -0.492 e. The molecule has 0 fully saturated rings. The highest BCUT2D eigenvalue weighted by atomic mass is 16.5. The smallest absolute Gasteiger partial charge is 0.262 e. The number of carbonyl (C=O) groups is 2. The van der Waals surface area contributed by atoms with E-state index in [-0.39, 0.29) is 25.0 Å². The van der Waals surface area contributed by atoms with Gasteiger partial charge in [0.1, 0.15) is 18.9 Å². The molecule has 2 amide bonds. The van der Waals surface area contributed by atoms with Gasteiger partial charge in [-0.15, -0.1) is 0 Å². The maximum atomic E-state index is 12.5. The largest absolute Gasteiger partial charge is 0.492 e. The third-order valence-electron chi connectivity index (χ3n) is 5.28. The molecule has 0 aliphatic heterocycles. The molecule has 4 rings (SSSR count). The molecule has 0 radical (unpaired) electrons. The fourth-order valence-electron chi connectivity index (χ4n) is 3.30. The summed E-state index contributed by atoms with van der Waals surface area (Å²) in [6.07, 6.45) is 3.08. The Balaban J connectivity index is 1.20. The zero-order chi connectivity index (χ0) is 24.6. The topological polar surface area (TPSA) is 98.6 Å². The summed E-state index contributed by atoms with van der Waals surface area (Å²) in [5.74, 6) is 0.666. The standard InChI is InChI=1S/C26H27N5O4/c1-19-7-10-22(11-8-19)34-14-13-30(2)26(33)17-31-16-21(15-27-31)28-24(32)18-35-25-12-9-20-5-3-4-6-23(20)29-25/h3-12,15-16H,13-14,17-18H2,1-2H3,(H,28,32). The van der Waals surface area contributed by atoms with Crippen LogP contribution in [0.25, 0.3) is 10.9 Å². The van der Waals surface area contributed by atoms with E-state index in [1.807, 2.05) is 61.5 Å². The first-order valence-electron chi connectivity index (χ1n) is 11.2. The first kappa shape index (κ1) is 23.7. The number of carbonyl (C=O) groups excluding carboxylic acids is 2. The molecule has 4 aromatic rings. The number of likely N-dealkylation sites (N-methyl/N-ethyl adjacent to an activating group) is 1. The number of hydrogen-bond acceptors (Lipinski definition) is 6. The number of benzene rings is 2. The van der Waals surface area contributed by atoms with E-state index in [0.29, 0.717) is 24.7 Å². The monoisotopic (exact) mass is 473 g/mol. The summed E-state index contributed by atoms with van der Waals surface area (Å²) in [6, 6.07) is 19.0. The van der Waals surface area contributed by atoms with E-state index < -0.39 is 0 Å². The van der Waals surface area contributed by atoms with E-state index in [9.17, 15) is 9.59 Å². The Morgan fingerprint density at radius 2 is 1.83 bits per heavy atom. The van der Waals surface area contributed by atoms with Crippen LogP contribution in [0.5, 0.6) is 11.6 Å². The second-order valence-corrected chi connectivity index (χ2v) is 8.08. The number of rotatable bonds is 10. The molecule has 0 aliphatic carbocycles. The molecule has 0 unspecified atom stereocenters. The molecule has 0 spiro atoms. The van der Waals surface area contributed by atoms with Gasteiger partial charge >= 0.3 is 0 Å². The minimum absolute atomic E-state index is 0.0500. The van der Waals surface area contributed by atoms with Crippen molar-refractivity contribution in [2.45, 2.75) is 13.5 Å². The number of para-hydroxylation sites is 1. The highest BCUT2D eigenvalue weighted by Gasteiger charge is 2.12. The van der Waals surface area contributed by atoms with Gasteiger partial charge < -0.3 is 19.7 Å². The van der Waals surface area contributed by atoms with E-state index in [0.717, 1.165) is 22.2 Å². The molecule has 0 aliphatic rings. The molecule has 2 aromatic carbocycles. The van der Waals surface area contributed by atoms with E-state index in [4.69, 9.17) is 9.47 Å². The van der Waals surface area contributed by atoms with Crippen molar-refractivity contribution >= 4 is 28.4 Å². The van der Waals surface area contributed by atoms with E-state index in [2.05, 4.69) is 15.4 Å². The van der Waals surface area contributed by atoms with Gasteiger partial charge in [-0.05, 0) is 31.2 Å². The highest BCUT2D eigenvalue weighted by molar-refractivity contribution is 5.91. The van der Waals surface area contributed by atoms with Gasteiger partial charge in [0, 0.05) is 24.7 Å². The van der Waals surface area contributed by atoms with E-state index >= 15 is 0 Å². The van der Waals surface area contributed by atoms with Crippen molar-refractivity contribution in [3.05, 3.63) is 78.6 Å². The van der Waals surface area contributed by atoms with E-state index in [1.165, 1.54) is 10.9 Å². The Morgan fingerprint density at radius 3 is 2.66 bits per heavy atom. The first-order chi connectivity index (χ1) is 17.0. The molecule has 0 atom stereocenters. The Hall–Kier alpha value is -4.40. The Kier molecular flexibility index (Phi) is 7.57. The third kappa shape index (κ3) is 6.80. The lowest BCUT2D eigenvalue weighted by atomic mass is 10.2. The lowest BCUT2D eigenvalue weighted by Gasteiger charge is -2.17. The lowest BCUT2D eigenvalue weighted by molar-refractivity contribution is -0.131. The summed E-state index contributed by atoms with van der Waals surface area (Å²) in [6.45, 7) is 2.70. The van der Waals surface area contributed by atoms with Crippen molar-refractivity contribution in [2.24, 2.45) is 0 Å². The highest BCUT2D eigenvalue weighted by Crippen LogP contribution is 2.16. The molecule has 1 N–H and O–H groups in total. The summed E-state index contributed by atoms with van der Waals surface area (Å²) < 4.78 is 12.7. The van der Waals surface area contributed by atoms with E-state index in [1.54, 1.807) is 24.2 Å². The number of nitrogens with one attached hydrogen (secondary N) is 1. The number of nitrogens with zero attached hydrogens (tertiary/aromatic N) is 4. The van der Waals surface area contributed by atoms with Crippen LogP contribution in [0.2, 0.25) is 0 Å². The molecular weight excluding hydrogens is 446 g/mol. The van der Waals surface area contributed by atoms with Crippen molar-refractivity contribution < 1.29 is 19.1 Å². The predicted molar refractivity (Wildman–Crippen MR) is 132 cm³/mol. The van der Waals surface area contributed by atoms with Gasteiger partial charge in [-0.3, -0.25) is 14.3 Å². The fraction of sp³-hybridized carbons (Fsp3) is 0.231. The zero-order valence-corrected chi connectivity index (χ0v) is 19.7. The van der Waals surface area contributed by atoms with Crippen LogP contribution in [-0.4, -0.2) is 58.3 Å². The molecule has 2 aromatic heterocycles. The number of aryl methyl sites for hydroxylation is 1. The number of hydrogen-bond donors (Lipinski definition) is 1. The Morgan fingerprint density at radius 1 is 1.03 bits per heavy atom. The van der Waals surface area contributed by atoms with Crippen LogP contribution in [0, 0.1) is 6.92 Å². The maximum absolute atomic E-state index is 12.5. The average molecular weight is 474 g/mol. The van der Waals surface area contributed by atoms with Crippen LogP contribution in [0.4, 0.5) is 5.69 Å². The minimum atomic E-state index is -0.351. The van der Waals surface area contributed by atoms with Gasteiger partial charge in [0.2, 0.25) is 11.8 Å². The zero-order valence-electron chi connectivity index (χ0n) is 19.7. The molecule has 9 heteroatoms. The van der Waals surface area contributed by atoms with Crippen LogP contribution < -0.4 is 14.8 Å². The number of pyridine rings is 1. The van der Waals surface area contributed by atoms with Crippen molar-refractivity contribution in [1.29, 1.82) is 0 Å². The van der Waals surface area contributed by atoms with Crippen molar-refractivity contribution in [1.82, 2.24) is 19.7 Å². The summed E-state index contributed by atoms with van der Waals surface area (Å²) in [5.41, 5.74) is 2.43. The van der Waals surface area contributed by atoms with Crippen molar-refractivity contribution in [3.63, 3.8) is 0 Å². The molecule has 35 heavy (non-hydrogen) atoms. The normalized spacial score (nSPS) is 10.7. The van der Waals surface area contributed by atoms with Crippen molar-refractivity contribution in [3.8, 4) is 11.6 Å². The van der Waals surface area contributed by atoms with Gasteiger partial charge in [-0.2, -0.15) is 5.10 Å². The van der Waals surface area contributed by atoms with Gasteiger partial charge in [0.25, 0.3) is 5.91 Å². The molecular formula is C26H27N5O4. The number of amides is 2. The van der Waals surface area contributed by atoms with Crippen LogP contribution in [0.3, 0.4) is 0 Å². The number of fused-ring (bicyclic) bond motifs is 1. The third-order valence-corrected chi connectivity index (χ3v) is 5.28. The summed E-state index contributed by atoms with van der Waals surface area (Å²) in [5, 5.41) is 7.85. The SMILES string of the molecule is Cc1ccc(OCCN(C)C(=O)Cn2cc(NC(=O)COc3ccc4ccccc4n3)cn2)cc1. The number of anilines is 1. The summed E-state index contributed by atoms with van der Waals surface area (Å²) in [4.78, 5) is 30.7. The molecule has 9 nitrogen and oxygen atoms in total. The lowest BCUT2D eigenvalue weighted by Crippen LogP contribution is -2.33. The van der Waals surface area contributed by atoms with Crippen LogP contribution in [-0.2, 0) is 16.1 Å². The van der Waals surface area contributed by atoms with Crippen LogP contribution in [0.15, 0.2) is 73.1 Å². The van der Waals surface area contributed by atoms with Crippen molar-refractivity contribution in [2.75, 3.05) is 32.1 Å². The van der Waals surface area contributed by atoms with Gasteiger partial charge in [-0.1, -0.05) is 35.9 Å². The molecule has 0 saturated carbocycles. The Labute approximate surface area is 203 Å². The molecule has 180 valence electrons. The van der Waals surface area contributed by atoms with Crippen LogP contribution >= 0.6 is 0 Å². The summed E-state index contributed by atoms with van der Waals surface area (Å²) in [7, 11) is 1.71. The molecule has 0 saturated heterocycles. The predicted octanol–water partition coefficient (Wildman–Crippen LogP) is 3.29. The second kappa shape index (κ2) is 11.1. The molecule has 2 heterocycles. The average Bonchev–Trinajstić information content (AvgIpc) is 3.30. The first-order valence-corrected chi connectivity index (χ1v) is 11.2. The quantitative estimate of drug-likeness (QED) is 0.380. The van der Waals surface area contributed by atoms with Gasteiger partial charge in [0.05, 0.1) is 23.9 Å². The number of ether oxygens (including phenoxy) is 2. The Bertz CT molecular complexity index is 1300. The maximum Gasteiger partial charge on any atom is 0.262 e. The van der Waals surface area contributed by atoms with Crippen LogP contribution in [0.1, 0.15) is 5.56 Å². The fourth-order valence-corrected chi connectivity index (χ4v) is 3.30. The summed E-state index contributed by atoms with van der Waals surface area (Å²) >= 11 is 0. The number of aromatic nitrogens is 3. The second-order valence-electron chi connectivity index (χ2n) is 8.08. The van der Waals surface area contributed by atoms with Gasteiger partial charge in [-0.25, -0.2) is 4.98 Å². The molecule has 0 bridgehead atoms.